The largest absolute Gasteiger partial charge is 0.481 e. The highest BCUT2D eigenvalue weighted by molar-refractivity contribution is 6.45. The third-order valence-electron chi connectivity index (χ3n) is 3.80. The molecule has 2 N–H and O–H groups in total. The quantitative estimate of drug-likeness (QED) is 0.352. The Hall–Kier alpha value is -3.42. The average Bonchev–Trinajstić information content (AvgIpc) is 2.89. The summed E-state index contributed by atoms with van der Waals surface area (Å²) < 4.78 is 12.0. The summed E-state index contributed by atoms with van der Waals surface area (Å²) in [6, 6.07) is 4.70. The Bertz CT molecular complexity index is 994. The molecule has 1 aromatic heterocycles. The molecule has 1 amide bonds. The average molecular weight is 386 g/mol. The number of amides is 1. The number of carbonyl (C=O) groups is 4. The van der Waals surface area contributed by atoms with Crippen molar-refractivity contribution in [3.05, 3.63) is 42.1 Å². The summed E-state index contributed by atoms with van der Waals surface area (Å²) in [6.07, 6.45) is 1.08. The Balaban J connectivity index is 2.60. The number of benzene rings is 1. The lowest BCUT2D eigenvalue weighted by molar-refractivity contribution is -0.157. The fraction of sp³-hybridized carbons (Fsp3) is 0.300. The van der Waals surface area contributed by atoms with Gasteiger partial charge in [0, 0.05) is 5.69 Å². The van der Waals surface area contributed by atoms with Gasteiger partial charge in [0.1, 0.15) is 11.4 Å². The van der Waals surface area contributed by atoms with Crippen molar-refractivity contribution < 1.29 is 28.7 Å². The second-order valence-corrected chi connectivity index (χ2v) is 7.06. The molecule has 0 aliphatic rings. The summed E-state index contributed by atoms with van der Waals surface area (Å²) >= 11 is 0. The number of allylic oxidation sites excluding steroid dienone is 1. The van der Waals surface area contributed by atoms with Gasteiger partial charge in [-0.2, -0.15) is 0 Å². The Morgan fingerprint density at radius 2 is 1.86 bits per heavy atom. The van der Waals surface area contributed by atoms with Crippen LogP contribution in [0, 0.1) is 6.92 Å². The van der Waals surface area contributed by atoms with Crippen molar-refractivity contribution in [3.8, 4) is 5.75 Å². The maximum Gasteiger partial charge on any atom is 0.344 e. The van der Waals surface area contributed by atoms with E-state index in [2.05, 4.69) is 6.58 Å². The van der Waals surface area contributed by atoms with Gasteiger partial charge in [-0.3, -0.25) is 19.0 Å². The number of nitrogens with two attached hydrogens (primary N) is 1. The minimum absolute atomic E-state index is 0.0579. The Morgan fingerprint density at radius 3 is 2.39 bits per heavy atom. The van der Waals surface area contributed by atoms with E-state index in [-0.39, 0.29) is 22.4 Å². The van der Waals surface area contributed by atoms with Gasteiger partial charge in [-0.15, -0.1) is 0 Å². The van der Waals surface area contributed by atoms with E-state index in [0.29, 0.717) is 5.52 Å². The zero-order valence-electron chi connectivity index (χ0n) is 16.2. The molecule has 8 heteroatoms. The molecule has 0 bridgehead atoms. The predicted molar refractivity (Wildman–Crippen MR) is 102 cm³/mol. The van der Waals surface area contributed by atoms with Gasteiger partial charge in [-0.1, -0.05) is 12.6 Å². The van der Waals surface area contributed by atoms with E-state index in [1.54, 1.807) is 32.9 Å². The Kier molecular flexibility index (Phi) is 5.72. The van der Waals surface area contributed by atoms with E-state index in [1.165, 1.54) is 17.6 Å². The van der Waals surface area contributed by atoms with Crippen molar-refractivity contribution in [2.75, 3.05) is 6.61 Å². The van der Waals surface area contributed by atoms with Gasteiger partial charge in [-0.25, -0.2) is 4.79 Å². The lowest BCUT2D eigenvalue weighted by atomic mass is 10.1. The zero-order chi connectivity index (χ0) is 21.2. The molecule has 2 rings (SSSR count). The van der Waals surface area contributed by atoms with E-state index in [9.17, 15) is 19.2 Å². The second kappa shape index (κ2) is 7.67. The summed E-state index contributed by atoms with van der Waals surface area (Å²) in [5, 5.41) is 0.211. The molecule has 0 atom stereocenters. The number of rotatable bonds is 6. The van der Waals surface area contributed by atoms with Gasteiger partial charge < -0.3 is 15.2 Å². The first-order valence-corrected chi connectivity index (χ1v) is 8.47. The van der Waals surface area contributed by atoms with Crippen LogP contribution in [0.1, 0.15) is 41.6 Å². The molecule has 0 aliphatic carbocycles. The van der Waals surface area contributed by atoms with Crippen LogP contribution in [-0.2, 0) is 14.3 Å². The molecule has 0 radical (unpaired) electrons. The van der Waals surface area contributed by atoms with Crippen LogP contribution in [0.2, 0.25) is 0 Å². The number of nitrogens with zero attached hydrogens (tertiary/aromatic N) is 1. The van der Waals surface area contributed by atoms with Crippen molar-refractivity contribution in [2.45, 2.75) is 33.3 Å². The van der Waals surface area contributed by atoms with Crippen molar-refractivity contribution in [3.63, 3.8) is 0 Å². The van der Waals surface area contributed by atoms with Crippen molar-refractivity contribution in [2.24, 2.45) is 5.73 Å². The van der Waals surface area contributed by atoms with Crippen molar-refractivity contribution >= 4 is 34.5 Å². The highest BCUT2D eigenvalue weighted by Crippen LogP contribution is 2.34. The topological polar surface area (TPSA) is 118 Å². The van der Waals surface area contributed by atoms with Crippen molar-refractivity contribution in [1.29, 1.82) is 0 Å². The molecular weight excluding hydrogens is 364 g/mol. The third kappa shape index (κ3) is 4.11. The number of Topliss-reactive ketones (excluding diaryl/α,β-unsaturated/α-hetero) is 1. The number of ether oxygens (including phenoxy) is 2. The first kappa shape index (κ1) is 20.9. The third-order valence-corrected chi connectivity index (χ3v) is 3.80. The monoisotopic (exact) mass is 386 g/mol. The Labute approximate surface area is 161 Å². The molecule has 0 spiro atoms. The van der Waals surface area contributed by atoms with Crippen LogP contribution in [0.4, 0.5) is 0 Å². The van der Waals surface area contributed by atoms with Crippen LogP contribution in [0.5, 0.6) is 5.75 Å². The Morgan fingerprint density at radius 1 is 1.21 bits per heavy atom. The van der Waals surface area contributed by atoms with E-state index >= 15 is 0 Å². The maximum absolute atomic E-state index is 12.4. The number of primary amides is 1. The van der Waals surface area contributed by atoms with E-state index < -0.39 is 35.8 Å². The highest BCUT2D eigenvalue weighted by Gasteiger charge is 2.28. The SMILES string of the molecule is C=CC(=O)n1c(C)c(C(=O)C(N)=O)c2c(OCC(=O)OC(C)(C)C)cccc21. The number of hydrogen-bond acceptors (Lipinski definition) is 6. The van der Waals surface area contributed by atoms with Crippen LogP contribution in [-0.4, -0.2) is 40.3 Å². The summed E-state index contributed by atoms with van der Waals surface area (Å²) in [5.41, 5.74) is 4.97. The van der Waals surface area contributed by atoms with Crippen LogP contribution < -0.4 is 10.5 Å². The number of esters is 1. The molecule has 0 aliphatic heterocycles. The standard InChI is InChI=1S/C20H22N2O6/c1-6-14(23)22-11(2)16(18(25)19(21)26)17-12(22)8-7-9-13(17)27-10-15(24)28-20(3,4)5/h6-9H,1,10H2,2-5H3,(H2,21,26). The van der Waals surface area contributed by atoms with Gasteiger partial charge in [0.2, 0.25) is 0 Å². The smallest absolute Gasteiger partial charge is 0.344 e. The summed E-state index contributed by atoms with van der Waals surface area (Å²) in [5.74, 6) is -3.09. The molecule has 0 fully saturated rings. The van der Waals surface area contributed by atoms with Crippen LogP contribution in [0.25, 0.3) is 10.9 Å². The highest BCUT2D eigenvalue weighted by atomic mass is 16.6. The normalized spacial score (nSPS) is 11.1. The number of ketones is 1. The van der Waals surface area contributed by atoms with Crippen molar-refractivity contribution in [1.82, 2.24) is 4.57 Å². The fourth-order valence-corrected chi connectivity index (χ4v) is 2.83. The van der Waals surface area contributed by atoms with E-state index in [1.807, 2.05) is 0 Å². The summed E-state index contributed by atoms with van der Waals surface area (Å²) in [4.78, 5) is 48.2. The maximum atomic E-state index is 12.4. The minimum atomic E-state index is -1.17. The predicted octanol–water partition coefficient (Wildman–Crippen LogP) is 2.16. The van der Waals surface area contributed by atoms with Crippen LogP contribution >= 0.6 is 0 Å². The first-order valence-electron chi connectivity index (χ1n) is 8.47. The molecule has 1 heterocycles. The van der Waals surface area contributed by atoms with E-state index in [4.69, 9.17) is 15.2 Å². The van der Waals surface area contributed by atoms with Gasteiger partial charge in [0.05, 0.1) is 16.5 Å². The first-order chi connectivity index (χ1) is 13.0. The van der Waals surface area contributed by atoms with Gasteiger partial charge in [0.15, 0.2) is 6.61 Å². The molecule has 1 aromatic carbocycles. The van der Waals surface area contributed by atoms with Crippen LogP contribution in [0.3, 0.4) is 0 Å². The summed E-state index contributed by atoms with van der Waals surface area (Å²) in [7, 11) is 0. The van der Waals surface area contributed by atoms with Gasteiger partial charge in [-0.05, 0) is 45.9 Å². The fourth-order valence-electron chi connectivity index (χ4n) is 2.83. The number of aromatic nitrogens is 1. The lowest BCUT2D eigenvalue weighted by Gasteiger charge is -2.19. The molecule has 28 heavy (non-hydrogen) atoms. The van der Waals surface area contributed by atoms with Crippen LogP contribution in [0.15, 0.2) is 30.9 Å². The molecule has 8 nitrogen and oxygen atoms in total. The molecule has 2 aromatic rings. The zero-order valence-corrected chi connectivity index (χ0v) is 16.2. The molecular formula is C20H22N2O6. The summed E-state index contributed by atoms with van der Waals surface area (Å²) in [6.45, 7) is 9.71. The second-order valence-electron chi connectivity index (χ2n) is 7.06. The minimum Gasteiger partial charge on any atom is -0.481 e. The number of hydrogen-bond donors (Lipinski definition) is 1. The number of carbonyl (C=O) groups excluding carboxylic acids is 4. The molecule has 0 saturated heterocycles. The van der Waals surface area contributed by atoms with E-state index in [0.717, 1.165) is 6.08 Å². The molecule has 148 valence electrons. The lowest BCUT2D eigenvalue weighted by Crippen LogP contribution is -2.27. The number of fused-ring (bicyclic) bond motifs is 1. The molecule has 0 saturated carbocycles. The van der Waals surface area contributed by atoms with Gasteiger partial charge >= 0.3 is 5.97 Å². The van der Waals surface area contributed by atoms with Gasteiger partial charge in [0.25, 0.3) is 17.6 Å². The molecule has 0 unspecified atom stereocenters.